The van der Waals surface area contributed by atoms with Crippen molar-refractivity contribution in [2.45, 2.75) is 40.4 Å². The number of amides is 1. The van der Waals surface area contributed by atoms with Crippen LogP contribution in [-0.2, 0) is 19.6 Å². The Bertz CT molecular complexity index is 902. The third kappa shape index (κ3) is 5.97. The molecule has 1 unspecified atom stereocenters. The van der Waals surface area contributed by atoms with Gasteiger partial charge >= 0.3 is 0 Å². The molecule has 0 radical (unpaired) electrons. The third-order valence-electron chi connectivity index (χ3n) is 5.16. The van der Waals surface area contributed by atoms with E-state index in [0.717, 1.165) is 23.7 Å². The number of carbonyl (C=O) groups is 1. The van der Waals surface area contributed by atoms with Crippen LogP contribution in [0.15, 0.2) is 53.9 Å². The summed E-state index contributed by atoms with van der Waals surface area (Å²) in [5.74, 6) is -0.237. The quantitative estimate of drug-likeness (QED) is 0.564. The number of halogens is 1. The van der Waals surface area contributed by atoms with Gasteiger partial charge in [0.25, 0.3) is 5.91 Å². The van der Waals surface area contributed by atoms with E-state index in [9.17, 15) is 9.18 Å². The summed E-state index contributed by atoms with van der Waals surface area (Å²) in [6.07, 6.45) is 0. The number of aromatic nitrogens is 1. The van der Waals surface area contributed by atoms with E-state index in [0.29, 0.717) is 25.3 Å². The smallest absolute Gasteiger partial charge is 0.273 e. The van der Waals surface area contributed by atoms with E-state index < -0.39 is 0 Å². The first kappa shape index (κ1) is 22.1. The van der Waals surface area contributed by atoms with Gasteiger partial charge in [-0.15, -0.1) is 11.3 Å². The van der Waals surface area contributed by atoms with Crippen molar-refractivity contribution < 1.29 is 14.1 Å². The van der Waals surface area contributed by atoms with Gasteiger partial charge in [0, 0.05) is 29.6 Å². The van der Waals surface area contributed by atoms with E-state index in [2.05, 4.69) is 36.2 Å². The predicted molar refractivity (Wildman–Crippen MR) is 119 cm³/mol. The number of hydrogen-bond acceptors (Lipinski definition) is 3. The largest absolute Gasteiger partial charge is 0.338 e. The second-order valence-corrected chi connectivity index (χ2v) is 8.44. The molecule has 3 aromatic rings. The van der Waals surface area contributed by atoms with Gasteiger partial charge in [0.2, 0.25) is 0 Å². The molecule has 30 heavy (non-hydrogen) atoms. The summed E-state index contributed by atoms with van der Waals surface area (Å²) in [6.45, 7) is 9.69. The lowest BCUT2D eigenvalue weighted by Gasteiger charge is -2.19. The summed E-state index contributed by atoms with van der Waals surface area (Å²) in [7, 11) is 0. The van der Waals surface area contributed by atoms with Gasteiger partial charge in [0.15, 0.2) is 0 Å². The molecule has 2 aromatic carbocycles. The van der Waals surface area contributed by atoms with Crippen LogP contribution in [-0.4, -0.2) is 28.9 Å². The first-order chi connectivity index (χ1) is 14.5. The zero-order valence-corrected chi connectivity index (χ0v) is 18.6. The normalized spacial score (nSPS) is 12.0. The van der Waals surface area contributed by atoms with Crippen molar-refractivity contribution in [2.75, 3.05) is 13.1 Å². The Morgan fingerprint density at radius 1 is 0.967 bits per heavy atom. The maximum Gasteiger partial charge on any atom is 0.273 e. The zero-order chi connectivity index (χ0) is 21.5. The van der Waals surface area contributed by atoms with Gasteiger partial charge in [0.1, 0.15) is 36.2 Å². The van der Waals surface area contributed by atoms with Crippen molar-refractivity contribution in [3.05, 3.63) is 87.1 Å². The second-order valence-electron chi connectivity index (χ2n) is 7.50. The molecule has 0 fully saturated rings. The predicted octanol–water partition coefficient (Wildman–Crippen LogP) is 3.86. The van der Waals surface area contributed by atoms with Gasteiger partial charge in [-0.1, -0.05) is 42.0 Å². The number of thiazole rings is 1. The number of carbonyl (C=O) groups excluding carboxylic acids is 1. The zero-order valence-electron chi connectivity index (χ0n) is 17.8. The highest BCUT2D eigenvalue weighted by atomic mass is 32.1. The van der Waals surface area contributed by atoms with Gasteiger partial charge in [-0.3, -0.25) is 4.79 Å². The number of benzene rings is 2. The van der Waals surface area contributed by atoms with Crippen LogP contribution < -0.4 is 4.90 Å². The summed E-state index contributed by atoms with van der Waals surface area (Å²) in [6, 6.07) is 15.2. The minimum atomic E-state index is -0.224. The van der Waals surface area contributed by atoms with E-state index in [-0.39, 0.29) is 11.7 Å². The molecule has 1 N–H and O–H groups in total. The highest BCUT2D eigenvalue weighted by Gasteiger charge is 2.19. The Morgan fingerprint density at radius 2 is 1.53 bits per heavy atom. The van der Waals surface area contributed by atoms with Crippen molar-refractivity contribution in [3.8, 4) is 0 Å². The van der Waals surface area contributed by atoms with Crippen molar-refractivity contribution in [3.63, 3.8) is 0 Å². The number of nitrogens with one attached hydrogen (secondary N) is 1. The van der Waals surface area contributed by atoms with Crippen molar-refractivity contribution in [1.82, 2.24) is 9.88 Å². The summed E-state index contributed by atoms with van der Waals surface area (Å²) in [5, 5.41) is 2.80. The van der Waals surface area contributed by atoms with Crippen LogP contribution in [0.4, 0.5) is 4.39 Å². The number of quaternary nitrogens is 1. The maximum absolute atomic E-state index is 13.3. The molecule has 0 aliphatic rings. The molecule has 158 valence electrons. The second kappa shape index (κ2) is 10.5. The number of aryl methyl sites for hydroxylation is 1. The maximum atomic E-state index is 13.3. The molecule has 0 bridgehead atoms. The minimum absolute atomic E-state index is 0.0129. The van der Waals surface area contributed by atoms with Gasteiger partial charge in [0.05, 0.1) is 0 Å². The average Bonchev–Trinajstić information content (AvgIpc) is 3.20. The Balaban J connectivity index is 1.77. The SMILES string of the molecule is CCN(CC)C(=O)c1csc(C[NH+](Cc2ccc(C)cc2)Cc2ccc(F)cc2)n1. The summed E-state index contributed by atoms with van der Waals surface area (Å²) in [5.41, 5.74) is 4.08. The molecular formula is C24H29FN3OS+. The van der Waals surface area contributed by atoms with Crippen molar-refractivity contribution >= 4 is 17.2 Å². The Labute approximate surface area is 182 Å². The monoisotopic (exact) mass is 426 g/mol. The van der Waals surface area contributed by atoms with Gasteiger partial charge in [-0.05, 0) is 32.9 Å². The van der Waals surface area contributed by atoms with Crippen LogP contribution in [0.2, 0.25) is 0 Å². The fourth-order valence-electron chi connectivity index (χ4n) is 3.45. The van der Waals surface area contributed by atoms with Crippen LogP contribution in [0.25, 0.3) is 0 Å². The summed E-state index contributed by atoms with van der Waals surface area (Å²) < 4.78 is 13.3. The number of nitrogens with zero attached hydrogens (tertiary/aromatic N) is 2. The van der Waals surface area contributed by atoms with Gasteiger partial charge < -0.3 is 9.80 Å². The minimum Gasteiger partial charge on any atom is -0.338 e. The number of rotatable bonds is 9. The summed E-state index contributed by atoms with van der Waals surface area (Å²) in [4.78, 5) is 20.3. The fraction of sp³-hybridized carbons (Fsp3) is 0.333. The van der Waals surface area contributed by atoms with E-state index in [1.165, 1.54) is 39.5 Å². The number of hydrogen-bond donors (Lipinski definition) is 1. The van der Waals surface area contributed by atoms with Crippen LogP contribution >= 0.6 is 11.3 Å². The lowest BCUT2D eigenvalue weighted by Crippen LogP contribution is -3.08. The topological polar surface area (TPSA) is 37.6 Å². The molecule has 0 spiro atoms. The van der Waals surface area contributed by atoms with Crippen LogP contribution in [0.1, 0.15) is 46.0 Å². The van der Waals surface area contributed by atoms with Gasteiger partial charge in [-0.25, -0.2) is 9.37 Å². The molecule has 3 rings (SSSR count). The Hall–Kier alpha value is -2.57. The first-order valence-corrected chi connectivity index (χ1v) is 11.2. The highest BCUT2D eigenvalue weighted by Crippen LogP contribution is 2.12. The first-order valence-electron chi connectivity index (χ1n) is 10.4. The molecular weight excluding hydrogens is 397 g/mol. The molecule has 1 amide bonds. The lowest BCUT2D eigenvalue weighted by molar-refractivity contribution is -0.941. The molecule has 1 heterocycles. The van der Waals surface area contributed by atoms with E-state index in [1.807, 2.05) is 31.4 Å². The highest BCUT2D eigenvalue weighted by molar-refractivity contribution is 7.09. The third-order valence-corrected chi connectivity index (χ3v) is 6.01. The van der Waals surface area contributed by atoms with Crippen LogP contribution in [0.5, 0.6) is 0 Å². The molecule has 0 saturated carbocycles. The van der Waals surface area contributed by atoms with Gasteiger partial charge in [-0.2, -0.15) is 0 Å². The fourth-order valence-corrected chi connectivity index (χ4v) is 4.29. The molecule has 6 heteroatoms. The molecule has 0 saturated heterocycles. The Morgan fingerprint density at radius 3 is 2.10 bits per heavy atom. The van der Waals surface area contributed by atoms with E-state index in [4.69, 9.17) is 0 Å². The van der Waals surface area contributed by atoms with Crippen LogP contribution in [0.3, 0.4) is 0 Å². The molecule has 0 aliphatic carbocycles. The molecule has 1 aromatic heterocycles. The van der Waals surface area contributed by atoms with Crippen molar-refractivity contribution in [2.24, 2.45) is 0 Å². The van der Waals surface area contributed by atoms with E-state index >= 15 is 0 Å². The Kier molecular flexibility index (Phi) is 7.71. The standard InChI is InChI=1S/C24H28FN3OS/c1-4-28(5-2)24(29)22-17-30-23(26-22)16-27(14-19-8-6-18(3)7-9-19)15-20-10-12-21(25)13-11-20/h6-13,17H,4-5,14-16H2,1-3H3/p+1. The van der Waals surface area contributed by atoms with Crippen LogP contribution in [0, 0.1) is 12.7 Å². The molecule has 0 aliphatic heterocycles. The average molecular weight is 427 g/mol. The summed E-state index contributed by atoms with van der Waals surface area (Å²) >= 11 is 1.53. The van der Waals surface area contributed by atoms with E-state index in [1.54, 1.807) is 4.90 Å². The molecule has 4 nitrogen and oxygen atoms in total. The van der Waals surface area contributed by atoms with Crippen molar-refractivity contribution in [1.29, 1.82) is 0 Å². The molecule has 1 atom stereocenters. The lowest BCUT2D eigenvalue weighted by atomic mass is 10.1.